The average molecular weight is 803 g/mol. The van der Waals surface area contributed by atoms with Crippen molar-refractivity contribution in [2.24, 2.45) is 0 Å². The van der Waals surface area contributed by atoms with Crippen LogP contribution >= 0.6 is 0 Å². The largest absolute Gasteiger partial charge is 0.310 e. The van der Waals surface area contributed by atoms with Crippen LogP contribution in [0.2, 0.25) is 0 Å². The fourth-order valence-electron chi connectivity index (χ4n) is 10.5. The van der Waals surface area contributed by atoms with E-state index in [9.17, 15) is 0 Å². The fraction of sp³-hybridized carbons (Fsp3) is 0.0164. The minimum atomic E-state index is -0.577. The minimum Gasteiger partial charge on any atom is -0.310 e. The molecule has 10 aromatic rings. The van der Waals surface area contributed by atoms with Crippen molar-refractivity contribution >= 4 is 34.1 Å². The van der Waals surface area contributed by atoms with E-state index in [2.05, 4.69) is 265 Å². The van der Waals surface area contributed by atoms with E-state index in [1.54, 1.807) is 0 Å². The third kappa shape index (κ3) is 5.80. The molecule has 0 fully saturated rings. The van der Waals surface area contributed by atoms with Crippen molar-refractivity contribution in [3.8, 4) is 44.5 Å². The van der Waals surface area contributed by atoms with Crippen LogP contribution in [0.25, 0.3) is 44.5 Å². The summed E-state index contributed by atoms with van der Waals surface area (Å²) in [4.78, 5) is 4.88. The van der Waals surface area contributed by atoms with E-state index in [1.807, 2.05) is 0 Å². The molecule has 10 aromatic carbocycles. The molecule has 1 spiro atoms. The summed E-state index contributed by atoms with van der Waals surface area (Å²) in [6, 6.07) is 93.2. The number of benzene rings is 10. The summed E-state index contributed by atoms with van der Waals surface area (Å²) in [5.41, 5.74) is 21.1. The normalized spacial score (nSPS) is 12.6. The molecule has 296 valence electrons. The summed E-state index contributed by atoms with van der Waals surface area (Å²) in [7, 11) is 0. The fourth-order valence-corrected chi connectivity index (χ4v) is 10.5. The first-order valence-corrected chi connectivity index (χ1v) is 21.8. The van der Waals surface area contributed by atoms with Crippen LogP contribution in [0.3, 0.4) is 0 Å². The smallest absolute Gasteiger partial charge is 0.0727 e. The maximum atomic E-state index is 2.49. The van der Waals surface area contributed by atoms with E-state index >= 15 is 0 Å². The highest BCUT2D eigenvalue weighted by Crippen LogP contribution is 2.64. The van der Waals surface area contributed by atoms with Gasteiger partial charge in [-0.15, -0.1) is 0 Å². The van der Waals surface area contributed by atoms with Crippen molar-refractivity contribution in [1.29, 1.82) is 0 Å². The summed E-state index contributed by atoms with van der Waals surface area (Å²) in [5, 5.41) is 0. The van der Waals surface area contributed by atoms with Gasteiger partial charge in [0.25, 0.3) is 0 Å². The minimum absolute atomic E-state index is 0.577. The van der Waals surface area contributed by atoms with E-state index in [4.69, 9.17) is 0 Å². The molecule has 2 aliphatic carbocycles. The van der Waals surface area contributed by atoms with Crippen molar-refractivity contribution in [3.63, 3.8) is 0 Å². The van der Waals surface area contributed by atoms with E-state index < -0.39 is 5.41 Å². The number of para-hydroxylation sites is 4. The van der Waals surface area contributed by atoms with Crippen LogP contribution in [0.15, 0.2) is 255 Å². The second kappa shape index (κ2) is 15.1. The van der Waals surface area contributed by atoms with E-state index in [-0.39, 0.29) is 0 Å². The van der Waals surface area contributed by atoms with Crippen LogP contribution in [0.1, 0.15) is 22.3 Å². The van der Waals surface area contributed by atoms with Crippen molar-refractivity contribution in [3.05, 3.63) is 277 Å². The zero-order valence-electron chi connectivity index (χ0n) is 34.6. The van der Waals surface area contributed by atoms with Gasteiger partial charge in [0, 0.05) is 33.9 Å². The van der Waals surface area contributed by atoms with Crippen molar-refractivity contribution in [2.75, 3.05) is 9.80 Å². The average Bonchev–Trinajstić information content (AvgIpc) is 3.82. The number of nitrogens with zero attached hydrogens (tertiary/aromatic N) is 2. The van der Waals surface area contributed by atoms with Crippen molar-refractivity contribution in [1.82, 2.24) is 0 Å². The van der Waals surface area contributed by atoms with Gasteiger partial charge in [0.15, 0.2) is 0 Å². The maximum Gasteiger partial charge on any atom is 0.0727 e. The molecule has 0 radical (unpaired) electrons. The Kier molecular flexibility index (Phi) is 8.76. The van der Waals surface area contributed by atoms with Crippen molar-refractivity contribution < 1.29 is 0 Å². The van der Waals surface area contributed by atoms with Gasteiger partial charge in [-0.1, -0.05) is 194 Å². The lowest BCUT2D eigenvalue weighted by Gasteiger charge is -2.34. The number of fused-ring (bicyclic) bond motifs is 10. The molecule has 0 aliphatic heterocycles. The van der Waals surface area contributed by atoms with E-state index in [0.29, 0.717) is 0 Å². The monoisotopic (exact) mass is 802 g/mol. The topological polar surface area (TPSA) is 6.48 Å². The molecule has 0 saturated heterocycles. The molecule has 12 rings (SSSR count). The first-order valence-electron chi connectivity index (χ1n) is 21.8. The molecule has 0 N–H and O–H groups in total. The Bertz CT molecular complexity index is 3060. The Morgan fingerprint density at radius 2 is 0.540 bits per heavy atom. The van der Waals surface area contributed by atoms with Gasteiger partial charge in [-0.25, -0.2) is 0 Å². The molecule has 63 heavy (non-hydrogen) atoms. The van der Waals surface area contributed by atoms with Gasteiger partial charge in [0.1, 0.15) is 0 Å². The standard InChI is InChI=1S/C61H42N2/c1-5-21-43(22-6-1)49-29-15-19-35-59(49)62(45-25-9-3-10-26-45)47-37-39-53-54-40-38-48(63(46-27-11-4-12-28-46)60-36-20-16-30-50(60)44-23-7-2-8-24-44)42-58(54)61(57(53)41-47)55-33-17-13-31-51(55)52-32-14-18-34-56(52)61/h1-42H. The summed E-state index contributed by atoms with van der Waals surface area (Å²) < 4.78 is 0. The van der Waals surface area contributed by atoms with Gasteiger partial charge in [-0.2, -0.15) is 0 Å². The van der Waals surface area contributed by atoms with Gasteiger partial charge < -0.3 is 9.80 Å². The van der Waals surface area contributed by atoms with Gasteiger partial charge in [-0.05, 0) is 116 Å². The summed E-state index contributed by atoms with van der Waals surface area (Å²) in [6.07, 6.45) is 0. The van der Waals surface area contributed by atoms with Crippen LogP contribution in [0, 0.1) is 0 Å². The zero-order valence-corrected chi connectivity index (χ0v) is 34.6. The lowest BCUT2D eigenvalue weighted by Crippen LogP contribution is -2.26. The maximum absolute atomic E-state index is 2.49. The molecule has 0 aromatic heterocycles. The van der Waals surface area contributed by atoms with Crippen LogP contribution in [0.5, 0.6) is 0 Å². The lowest BCUT2D eigenvalue weighted by molar-refractivity contribution is 0.793. The Morgan fingerprint density at radius 1 is 0.222 bits per heavy atom. The second-order valence-corrected chi connectivity index (χ2v) is 16.4. The molecule has 2 nitrogen and oxygen atoms in total. The number of hydrogen-bond acceptors (Lipinski definition) is 2. The van der Waals surface area contributed by atoms with E-state index in [0.717, 1.165) is 34.1 Å². The van der Waals surface area contributed by atoms with Crippen molar-refractivity contribution in [2.45, 2.75) is 5.41 Å². The summed E-state index contributed by atoms with van der Waals surface area (Å²) in [5.74, 6) is 0. The second-order valence-electron chi connectivity index (χ2n) is 16.4. The molecule has 2 heteroatoms. The first kappa shape index (κ1) is 36.6. The molecule has 0 amide bonds. The molecular weight excluding hydrogens is 761 g/mol. The first-order chi connectivity index (χ1) is 31.3. The zero-order chi connectivity index (χ0) is 41.7. The van der Waals surface area contributed by atoms with Crippen LogP contribution in [-0.4, -0.2) is 0 Å². The predicted octanol–water partition coefficient (Wildman–Crippen LogP) is 16.3. The molecule has 2 aliphatic rings. The van der Waals surface area contributed by atoms with Gasteiger partial charge >= 0.3 is 0 Å². The Hall–Kier alpha value is -8.20. The van der Waals surface area contributed by atoms with Gasteiger partial charge in [0.05, 0.1) is 16.8 Å². The Labute approximate surface area is 369 Å². The molecule has 0 unspecified atom stereocenters. The highest BCUT2D eigenvalue weighted by Gasteiger charge is 2.52. The summed E-state index contributed by atoms with van der Waals surface area (Å²) in [6.45, 7) is 0. The quantitative estimate of drug-likeness (QED) is 0.151. The Balaban J connectivity index is 1.12. The number of hydrogen-bond donors (Lipinski definition) is 0. The number of anilines is 6. The van der Waals surface area contributed by atoms with E-state index in [1.165, 1.54) is 66.8 Å². The van der Waals surface area contributed by atoms with Crippen LogP contribution < -0.4 is 9.80 Å². The molecule has 0 bridgehead atoms. The van der Waals surface area contributed by atoms with Gasteiger partial charge in [0.2, 0.25) is 0 Å². The third-order valence-electron chi connectivity index (χ3n) is 13.1. The highest BCUT2D eigenvalue weighted by atomic mass is 15.2. The molecular formula is C61H42N2. The predicted molar refractivity (Wildman–Crippen MR) is 263 cm³/mol. The Morgan fingerprint density at radius 3 is 0.952 bits per heavy atom. The summed E-state index contributed by atoms with van der Waals surface area (Å²) >= 11 is 0. The van der Waals surface area contributed by atoms with Crippen LogP contribution in [0.4, 0.5) is 34.1 Å². The highest BCUT2D eigenvalue weighted by molar-refractivity contribution is 5.99. The molecule has 0 atom stereocenters. The van der Waals surface area contributed by atoms with Gasteiger partial charge in [-0.3, -0.25) is 0 Å². The molecule has 0 heterocycles. The number of rotatable bonds is 8. The lowest BCUT2D eigenvalue weighted by atomic mass is 9.70. The molecule has 0 saturated carbocycles. The van der Waals surface area contributed by atoms with Crippen LogP contribution in [-0.2, 0) is 5.41 Å². The third-order valence-corrected chi connectivity index (χ3v) is 13.1. The SMILES string of the molecule is c1ccc(-c2ccccc2N(c2ccccc2)c2ccc3c(c2)C2(c4ccccc4-c4ccccc42)c2cc(N(c4ccccc4)c4ccccc4-c4ccccc4)ccc2-3)cc1.